The molecule has 136 valence electrons. The average Bonchev–Trinajstić information content (AvgIpc) is 3.04. The lowest BCUT2D eigenvalue weighted by Crippen LogP contribution is -2.51. The molecular weight excluding hydrogens is 326 g/mol. The summed E-state index contributed by atoms with van der Waals surface area (Å²) in [6, 6.07) is 8.45. The summed E-state index contributed by atoms with van der Waals surface area (Å²) in [6.45, 7) is 4.32. The first kappa shape index (κ1) is 18.6. The number of nitrogens with one attached hydrogen (secondary N) is 1. The molecule has 25 heavy (non-hydrogen) atoms. The second-order valence-corrected chi connectivity index (χ2v) is 6.10. The van der Waals surface area contributed by atoms with Crippen LogP contribution in [0.3, 0.4) is 0 Å². The van der Waals surface area contributed by atoms with Crippen molar-refractivity contribution in [3.63, 3.8) is 0 Å². The van der Waals surface area contributed by atoms with Crippen molar-refractivity contribution in [2.45, 2.75) is 38.8 Å². The third-order valence-corrected chi connectivity index (χ3v) is 3.67. The Morgan fingerprint density at radius 3 is 2.40 bits per heavy atom. The molecule has 1 saturated heterocycles. The molecule has 0 radical (unpaired) electrons. The van der Waals surface area contributed by atoms with Crippen LogP contribution in [0, 0.1) is 0 Å². The monoisotopic (exact) mass is 349 g/mol. The van der Waals surface area contributed by atoms with Crippen molar-refractivity contribution < 1.29 is 24.2 Å². The number of hydrazine groups is 1. The number of aliphatic carboxylic acids is 1. The molecule has 0 spiro atoms. The maximum Gasteiger partial charge on any atom is 0.429 e. The summed E-state index contributed by atoms with van der Waals surface area (Å²) in [5.41, 5.74) is 0.749. The summed E-state index contributed by atoms with van der Waals surface area (Å²) in [7, 11) is 0. The molecule has 1 aliphatic heterocycles. The fourth-order valence-corrected chi connectivity index (χ4v) is 2.52. The van der Waals surface area contributed by atoms with E-state index in [1.807, 2.05) is 19.9 Å². The van der Waals surface area contributed by atoms with Crippen LogP contribution in [-0.4, -0.2) is 58.5 Å². The first-order valence-electron chi connectivity index (χ1n) is 8.21. The molecule has 0 bridgehead atoms. The van der Waals surface area contributed by atoms with Gasteiger partial charge in [-0.2, -0.15) is 0 Å². The molecule has 1 atom stereocenters. The number of nitrogens with zero attached hydrogens (tertiary/aromatic N) is 2. The summed E-state index contributed by atoms with van der Waals surface area (Å²) in [5.74, 6) is -1.23. The number of rotatable bonds is 5. The van der Waals surface area contributed by atoms with Gasteiger partial charge in [-0.3, -0.25) is 0 Å². The SMILES string of the molecule is CC(C)NC(=O)N1CCCN1C(=O)OC(Cc1ccccc1)C(=O)O. The van der Waals surface area contributed by atoms with Crippen LogP contribution in [0.1, 0.15) is 25.8 Å². The van der Waals surface area contributed by atoms with Crippen LogP contribution in [0.5, 0.6) is 0 Å². The van der Waals surface area contributed by atoms with Gasteiger partial charge in [0.05, 0.1) is 0 Å². The van der Waals surface area contributed by atoms with Gasteiger partial charge in [-0.15, -0.1) is 0 Å². The Bertz CT molecular complexity index is 620. The molecule has 2 N–H and O–H groups in total. The minimum Gasteiger partial charge on any atom is -0.478 e. The molecular formula is C17H23N3O5. The Hall–Kier alpha value is -2.77. The van der Waals surface area contributed by atoms with E-state index in [-0.39, 0.29) is 12.5 Å². The number of carbonyl (C=O) groups is 3. The van der Waals surface area contributed by atoms with Crippen molar-refractivity contribution in [1.82, 2.24) is 15.3 Å². The predicted octanol–water partition coefficient (Wildman–Crippen LogP) is 1.86. The van der Waals surface area contributed by atoms with Crippen molar-refractivity contribution in [3.05, 3.63) is 35.9 Å². The molecule has 8 nitrogen and oxygen atoms in total. The maximum atomic E-state index is 12.4. The van der Waals surface area contributed by atoms with Gasteiger partial charge in [-0.1, -0.05) is 30.3 Å². The lowest BCUT2D eigenvalue weighted by atomic mass is 10.1. The number of urea groups is 1. The number of hydrogen-bond donors (Lipinski definition) is 2. The van der Waals surface area contributed by atoms with Crippen LogP contribution in [0.2, 0.25) is 0 Å². The minimum absolute atomic E-state index is 0.0634. The standard InChI is InChI=1S/C17H23N3O5/c1-12(2)18-16(23)19-9-6-10-20(19)17(24)25-14(15(21)22)11-13-7-4-3-5-8-13/h3-5,7-8,12,14H,6,9-11H2,1-2H3,(H,18,23)(H,21,22). The molecule has 1 aromatic carbocycles. The Kier molecular flexibility index (Phi) is 6.21. The quantitative estimate of drug-likeness (QED) is 0.845. The van der Waals surface area contributed by atoms with E-state index in [0.29, 0.717) is 19.5 Å². The van der Waals surface area contributed by atoms with Crippen molar-refractivity contribution in [3.8, 4) is 0 Å². The molecule has 1 aliphatic rings. The molecule has 0 saturated carbocycles. The zero-order chi connectivity index (χ0) is 18.4. The molecule has 0 aliphatic carbocycles. The van der Waals surface area contributed by atoms with Crippen LogP contribution in [0.15, 0.2) is 30.3 Å². The molecule has 3 amide bonds. The molecule has 8 heteroatoms. The summed E-state index contributed by atoms with van der Waals surface area (Å²) in [5, 5.41) is 14.4. The highest BCUT2D eigenvalue weighted by molar-refractivity contribution is 5.81. The van der Waals surface area contributed by atoms with Gasteiger partial charge in [0.2, 0.25) is 6.10 Å². The highest BCUT2D eigenvalue weighted by atomic mass is 16.6. The van der Waals surface area contributed by atoms with Crippen molar-refractivity contribution in [2.24, 2.45) is 0 Å². The second kappa shape index (κ2) is 8.36. The lowest BCUT2D eigenvalue weighted by Gasteiger charge is -2.29. The number of carboxylic acid groups (broad SMARTS) is 1. The molecule has 1 aromatic rings. The molecule has 0 aromatic heterocycles. The highest BCUT2D eigenvalue weighted by Gasteiger charge is 2.34. The van der Waals surface area contributed by atoms with Crippen molar-refractivity contribution >= 4 is 18.1 Å². The number of ether oxygens (including phenoxy) is 1. The van der Waals surface area contributed by atoms with Gasteiger partial charge in [0.25, 0.3) is 0 Å². The van der Waals surface area contributed by atoms with Crippen LogP contribution >= 0.6 is 0 Å². The summed E-state index contributed by atoms with van der Waals surface area (Å²) in [4.78, 5) is 35.9. The van der Waals surface area contributed by atoms with Crippen LogP contribution in [-0.2, 0) is 16.0 Å². The van der Waals surface area contributed by atoms with E-state index in [1.165, 1.54) is 5.01 Å². The van der Waals surface area contributed by atoms with E-state index < -0.39 is 24.2 Å². The zero-order valence-electron chi connectivity index (χ0n) is 14.3. The van der Waals surface area contributed by atoms with Gasteiger partial charge in [0, 0.05) is 25.6 Å². The van der Waals surface area contributed by atoms with Crippen LogP contribution < -0.4 is 5.32 Å². The van der Waals surface area contributed by atoms with E-state index in [1.54, 1.807) is 24.3 Å². The highest BCUT2D eigenvalue weighted by Crippen LogP contribution is 2.15. The lowest BCUT2D eigenvalue weighted by molar-refractivity contribution is -0.147. The zero-order valence-corrected chi connectivity index (χ0v) is 14.3. The Morgan fingerprint density at radius 2 is 1.80 bits per heavy atom. The van der Waals surface area contributed by atoms with Gasteiger partial charge >= 0.3 is 18.1 Å². The Balaban J connectivity index is 2.02. The van der Waals surface area contributed by atoms with Crippen LogP contribution in [0.25, 0.3) is 0 Å². The second-order valence-electron chi connectivity index (χ2n) is 6.10. The van der Waals surface area contributed by atoms with Gasteiger partial charge in [-0.25, -0.2) is 24.4 Å². The first-order chi connectivity index (χ1) is 11.9. The normalized spacial score (nSPS) is 15.2. The van der Waals surface area contributed by atoms with Gasteiger partial charge < -0.3 is 15.2 Å². The van der Waals surface area contributed by atoms with Crippen LogP contribution in [0.4, 0.5) is 9.59 Å². The molecule has 1 fully saturated rings. The number of benzene rings is 1. The minimum atomic E-state index is -1.31. The van der Waals surface area contributed by atoms with Gasteiger partial charge in [-0.05, 0) is 25.8 Å². The number of carboxylic acids is 1. The first-order valence-corrected chi connectivity index (χ1v) is 8.21. The predicted molar refractivity (Wildman–Crippen MR) is 89.7 cm³/mol. The largest absolute Gasteiger partial charge is 0.478 e. The third kappa shape index (κ3) is 5.10. The third-order valence-electron chi connectivity index (χ3n) is 3.67. The fraction of sp³-hybridized carbons (Fsp3) is 0.471. The van der Waals surface area contributed by atoms with Crippen molar-refractivity contribution in [1.29, 1.82) is 0 Å². The summed E-state index contributed by atoms with van der Waals surface area (Å²) >= 11 is 0. The smallest absolute Gasteiger partial charge is 0.429 e. The Morgan fingerprint density at radius 1 is 1.16 bits per heavy atom. The maximum absolute atomic E-state index is 12.4. The van der Waals surface area contributed by atoms with E-state index in [9.17, 15) is 19.5 Å². The Labute approximate surface area is 146 Å². The van der Waals surface area contributed by atoms with Crippen molar-refractivity contribution in [2.75, 3.05) is 13.1 Å². The fourth-order valence-electron chi connectivity index (χ4n) is 2.52. The number of hydrogen-bond acceptors (Lipinski definition) is 4. The number of carbonyl (C=O) groups excluding carboxylic acids is 2. The topological polar surface area (TPSA) is 99.2 Å². The van der Waals surface area contributed by atoms with E-state index in [2.05, 4.69) is 5.32 Å². The van der Waals surface area contributed by atoms with E-state index >= 15 is 0 Å². The molecule has 1 heterocycles. The molecule has 1 unspecified atom stereocenters. The summed E-state index contributed by atoms with van der Waals surface area (Å²) < 4.78 is 5.15. The van der Waals surface area contributed by atoms with Gasteiger partial charge in [0.15, 0.2) is 0 Å². The number of amides is 3. The molecule has 2 rings (SSSR count). The van der Waals surface area contributed by atoms with E-state index in [4.69, 9.17) is 4.74 Å². The van der Waals surface area contributed by atoms with E-state index in [0.717, 1.165) is 10.6 Å². The average molecular weight is 349 g/mol. The summed E-state index contributed by atoms with van der Waals surface area (Å²) in [6.07, 6.45) is -1.48. The van der Waals surface area contributed by atoms with Gasteiger partial charge in [0.1, 0.15) is 0 Å².